The van der Waals surface area contributed by atoms with E-state index in [-0.39, 0.29) is 0 Å². The Balaban J connectivity index is 2.07. The van der Waals surface area contributed by atoms with E-state index < -0.39 is 0 Å². The number of rotatable bonds is 1. The summed E-state index contributed by atoms with van der Waals surface area (Å²) >= 11 is 0. The van der Waals surface area contributed by atoms with Crippen LogP contribution in [0.15, 0.2) is 0 Å². The fourth-order valence-electron chi connectivity index (χ4n) is 3.59. The highest BCUT2D eigenvalue weighted by molar-refractivity contribution is 4.92. The van der Waals surface area contributed by atoms with Crippen molar-refractivity contribution in [2.24, 2.45) is 5.92 Å². The molecule has 0 bridgehead atoms. The van der Waals surface area contributed by atoms with Crippen LogP contribution >= 0.6 is 0 Å². The predicted octanol–water partition coefficient (Wildman–Crippen LogP) is 3.03. The van der Waals surface area contributed by atoms with E-state index in [0.29, 0.717) is 5.54 Å². The van der Waals surface area contributed by atoms with Gasteiger partial charge in [0.15, 0.2) is 0 Å². The van der Waals surface area contributed by atoms with Gasteiger partial charge in [0.1, 0.15) is 0 Å². The lowest BCUT2D eigenvalue weighted by atomic mass is 9.96. The second kappa shape index (κ2) is 5.71. The molecule has 17 heavy (non-hydrogen) atoms. The van der Waals surface area contributed by atoms with Crippen LogP contribution in [0.5, 0.6) is 0 Å². The average Bonchev–Trinajstić information content (AvgIpc) is 2.58. The summed E-state index contributed by atoms with van der Waals surface area (Å²) in [5.41, 5.74) is 0.333. The van der Waals surface area contributed by atoms with Crippen molar-refractivity contribution in [1.82, 2.24) is 10.2 Å². The van der Waals surface area contributed by atoms with E-state index in [1.807, 2.05) is 0 Å². The smallest absolute Gasteiger partial charge is 0.0280 e. The zero-order chi connectivity index (χ0) is 12.3. The minimum atomic E-state index is 0.333. The number of nitrogens with one attached hydrogen (secondary N) is 1. The summed E-state index contributed by atoms with van der Waals surface area (Å²) in [4.78, 5) is 2.82. The second-order valence-electron chi connectivity index (χ2n) is 6.85. The molecule has 1 atom stereocenters. The van der Waals surface area contributed by atoms with Gasteiger partial charge in [-0.3, -0.25) is 4.90 Å². The van der Waals surface area contributed by atoms with Crippen molar-refractivity contribution in [1.29, 1.82) is 0 Å². The third-order valence-corrected chi connectivity index (χ3v) is 4.60. The van der Waals surface area contributed by atoms with Gasteiger partial charge in [-0.05, 0) is 39.2 Å². The zero-order valence-corrected chi connectivity index (χ0v) is 12.0. The van der Waals surface area contributed by atoms with Crippen molar-refractivity contribution in [3.05, 3.63) is 0 Å². The SMILES string of the molecule is CC1CNCC(C)(C)N(C2CCCCCC2)C1. The van der Waals surface area contributed by atoms with Gasteiger partial charge in [-0.25, -0.2) is 0 Å². The van der Waals surface area contributed by atoms with Crippen LogP contribution in [0.2, 0.25) is 0 Å². The molecule has 1 aliphatic carbocycles. The summed E-state index contributed by atoms with van der Waals surface area (Å²) in [5, 5.41) is 3.63. The Morgan fingerprint density at radius 2 is 1.71 bits per heavy atom. The van der Waals surface area contributed by atoms with Crippen LogP contribution in [0.3, 0.4) is 0 Å². The lowest BCUT2D eigenvalue weighted by Crippen LogP contribution is -2.53. The summed E-state index contributed by atoms with van der Waals surface area (Å²) in [6.45, 7) is 10.8. The molecule has 0 aromatic rings. The Labute approximate surface area is 107 Å². The molecule has 2 nitrogen and oxygen atoms in total. The van der Waals surface area contributed by atoms with Crippen LogP contribution < -0.4 is 5.32 Å². The third kappa shape index (κ3) is 3.45. The molecule has 0 spiro atoms. The van der Waals surface area contributed by atoms with Crippen LogP contribution in [-0.4, -0.2) is 36.1 Å². The van der Waals surface area contributed by atoms with Crippen LogP contribution in [0, 0.1) is 5.92 Å². The van der Waals surface area contributed by atoms with Gasteiger partial charge in [0.2, 0.25) is 0 Å². The first-order valence-corrected chi connectivity index (χ1v) is 7.57. The standard InChI is InChI=1S/C15H30N2/c1-13-10-16-12-15(2,3)17(11-13)14-8-6-4-5-7-9-14/h13-14,16H,4-12H2,1-3H3. The molecule has 1 N–H and O–H groups in total. The molecule has 2 aliphatic rings. The van der Waals surface area contributed by atoms with E-state index in [4.69, 9.17) is 0 Å². The molecular formula is C15H30N2. The molecule has 0 radical (unpaired) electrons. The third-order valence-electron chi connectivity index (χ3n) is 4.60. The fraction of sp³-hybridized carbons (Fsp3) is 1.00. The minimum absolute atomic E-state index is 0.333. The van der Waals surface area contributed by atoms with Gasteiger partial charge in [0.05, 0.1) is 0 Å². The molecule has 2 heteroatoms. The Morgan fingerprint density at radius 1 is 1.06 bits per heavy atom. The van der Waals surface area contributed by atoms with Crippen LogP contribution in [0.25, 0.3) is 0 Å². The Hall–Kier alpha value is -0.0800. The molecule has 1 unspecified atom stereocenters. The van der Waals surface area contributed by atoms with E-state index in [9.17, 15) is 0 Å². The van der Waals surface area contributed by atoms with Crippen molar-refractivity contribution in [3.63, 3.8) is 0 Å². The molecule has 0 amide bonds. The Kier molecular flexibility index (Phi) is 4.48. The van der Waals surface area contributed by atoms with Gasteiger partial charge in [-0.1, -0.05) is 32.6 Å². The highest BCUT2D eigenvalue weighted by Crippen LogP contribution is 2.29. The number of nitrogens with zero attached hydrogens (tertiary/aromatic N) is 1. The normalized spacial score (nSPS) is 33.0. The van der Waals surface area contributed by atoms with E-state index in [0.717, 1.165) is 18.5 Å². The molecule has 1 aliphatic heterocycles. The maximum absolute atomic E-state index is 3.63. The molecule has 2 fully saturated rings. The molecule has 1 saturated carbocycles. The lowest BCUT2D eigenvalue weighted by molar-refractivity contribution is 0.0617. The van der Waals surface area contributed by atoms with E-state index in [2.05, 4.69) is 31.0 Å². The fourth-order valence-corrected chi connectivity index (χ4v) is 3.59. The molecule has 0 aromatic heterocycles. The van der Waals surface area contributed by atoms with Crippen molar-refractivity contribution >= 4 is 0 Å². The van der Waals surface area contributed by atoms with Crippen molar-refractivity contribution in [2.75, 3.05) is 19.6 Å². The van der Waals surface area contributed by atoms with E-state index in [1.54, 1.807) is 0 Å². The average molecular weight is 238 g/mol. The number of hydrogen-bond donors (Lipinski definition) is 1. The van der Waals surface area contributed by atoms with Gasteiger partial charge in [-0.2, -0.15) is 0 Å². The van der Waals surface area contributed by atoms with E-state index >= 15 is 0 Å². The molecule has 0 aromatic carbocycles. The van der Waals surface area contributed by atoms with Gasteiger partial charge >= 0.3 is 0 Å². The summed E-state index contributed by atoms with van der Waals surface area (Å²) in [6.07, 6.45) is 8.65. The highest BCUT2D eigenvalue weighted by atomic mass is 15.2. The summed E-state index contributed by atoms with van der Waals surface area (Å²) in [6, 6.07) is 0.842. The first-order valence-electron chi connectivity index (χ1n) is 7.57. The van der Waals surface area contributed by atoms with Crippen LogP contribution in [0.4, 0.5) is 0 Å². The molecule has 100 valence electrons. The second-order valence-corrected chi connectivity index (χ2v) is 6.85. The molecule has 2 rings (SSSR count). The monoisotopic (exact) mass is 238 g/mol. The van der Waals surface area contributed by atoms with Gasteiger partial charge in [-0.15, -0.1) is 0 Å². The first kappa shape index (κ1) is 13.4. The number of hydrogen-bond acceptors (Lipinski definition) is 2. The Bertz CT molecular complexity index is 229. The van der Waals surface area contributed by atoms with Crippen molar-refractivity contribution < 1.29 is 0 Å². The van der Waals surface area contributed by atoms with Crippen LogP contribution in [0.1, 0.15) is 59.3 Å². The minimum Gasteiger partial charge on any atom is -0.315 e. The van der Waals surface area contributed by atoms with Gasteiger partial charge in [0.25, 0.3) is 0 Å². The zero-order valence-electron chi connectivity index (χ0n) is 12.0. The van der Waals surface area contributed by atoms with E-state index in [1.165, 1.54) is 51.6 Å². The summed E-state index contributed by atoms with van der Waals surface area (Å²) < 4.78 is 0. The van der Waals surface area contributed by atoms with Crippen molar-refractivity contribution in [3.8, 4) is 0 Å². The first-order chi connectivity index (χ1) is 8.09. The lowest BCUT2D eigenvalue weighted by Gasteiger charge is -2.43. The quantitative estimate of drug-likeness (QED) is 0.706. The Morgan fingerprint density at radius 3 is 2.35 bits per heavy atom. The maximum atomic E-state index is 3.63. The molecule has 1 heterocycles. The largest absolute Gasteiger partial charge is 0.315 e. The molecule has 1 saturated heterocycles. The maximum Gasteiger partial charge on any atom is 0.0280 e. The predicted molar refractivity (Wildman–Crippen MR) is 74.3 cm³/mol. The van der Waals surface area contributed by atoms with Crippen molar-refractivity contribution in [2.45, 2.75) is 70.9 Å². The summed E-state index contributed by atoms with van der Waals surface area (Å²) in [7, 11) is 0. The van der Waals surface area contributed by atoms with Gasteiger partial charge in [0, 0.05) is 24.7 Å². The topological polar surface area (TPSA) is 15.3 Å². The molecular weight excluding hydrogens is 208 g/mol. The van der Waals surface area contributed by atoms with Crippen LogP contribution in [-0.2, 0) is 0 Å². The van der Waals surface area contributed by atoms with Gasteiger partial charge < -0.3 is 5.32 Å². The summed E-state index contributed by atoms with van der Waals surface area (Å²) in [5.74, 6) is 0.792. The highest BCUT2D eigenvalue weighted by Gasteiger charge is 2.35.